The molecule has 1 fully saturated rings. The fourth-order valence-corrected chi connectivity index (χ4v) is 2.47. The smallest absolute Gasteiger partial charge is 0.260 e. The molecule has 2 heterocycles. The maximum atomic E-state index is 12.0. The average molecular weight is 314 g/mol. The van der Waals surface area contributed by atoms with Crippen LogP contribution < -0.4 is 16.0 Å². The van der Waals surface area contributed by atoms with Gasteiger partial charge < -0.3 is 20.5 Å². The lowest BCUT2D eigenvalue weighted by Gasteiger charge is -2.10. The van der Waals surface area contributed by atoms with Gasteiger partial charge in [-0.3, -0.25) is 9.59 Å². The molecule has 2 amide bonds. The van der Waals surface area contributed by atoms with Crippen LogP contribution in [0.3, 0.4) is 0 Å². The Morgan fingerprint density at radius 1 is 1.22 bits per heavy atom. The number of rotatable bonds is 4. The van der Waals surface area contributed by atoms with E-state index in [2.05, 4.69) is 21.1 Å². The van der Waals surface area contributed by atoms with Crippen molar-refractivity contribution in [1.82, 2.24) is 10.5 Å². The highest BCUT2D eigenvalue weighted by Gasteiger charge is 2.22. The van der Waals surface area contributed by atoms with Crippen LogP contribution in [0, 0.1) is 12.8 Å². The first-order chi connectivity index (χ1) is 11.1. The molecule has 7 heteroatoms. The van der Waals surface area contributed by atoms with Crippen LogP contribution >= 0.6 is 0 Å². The Bertz CT molecular complexity index is 702. The number of hydrogen-bond acceptors (Lipinski definition) is 5. The van der Waals surface area contributed by atoms with Gasteiger partial charge in [0.15, 0.2) is 0 Å². The van der Waals surface area contributed by atoms with Crippen LogP contribution in [0.2, 0.25) is 0 Å². The molecule has 3 N–H and O–H groups in total. The zero-order valence-electron chi connectivity index (χ0n) is 12.8. The number of carbonyl (C=O) groups is 2. The highest BCUT2D eigenvalue weighted by Crippen LogP contribution is 2.17. The van der Waals surface area contributed by atoms with E-state index in [9.17, 15) is 9.59 Å². The van der Waals surface area contributed by atoms with Gasteiger partial charge >= 0.3 is 0 Å². The number of hydrogen-bond donors (Lipinski definition) is 3. The topological polar surface area (TPSA) is 96.3 Å². The summed E-state index contributed by atoms with van der Waals surface area (Å²) in [5.74, 6) is 0.229. The number of anilines is 2. The standard InChI is InChI=1S/C16H18N4O3/c1-10-14(9-18-23-10)16(22)20-13-4-2-12(3-5-13)19-15(21)11-6-7-17-8-11/h2-5,9,11,17H,6-8H2,1H3,(H,19,21)(H,20,22). The fraction of sp³-hybridized carbons (Fsp3) is 0.312. The maximum absolute atomic E-state index is 12.0. The minimum atomic E-state index is -0.280. The van der Waals surface area contributed by atoms with Crippen molar-refractivity contribution in [3.63, 3.8) is 0 Å². The van der Waals surface area contributed by atoms with Crippen molar-refractivity contribution < 1.29 is 14.1 Å². The fourth-order valence-electron chi connectivity index (χ4n) is 2.47. The number of aromatic nitrogens is 1. The lowest BCUT2D eigenvalue weighted by molar-refractivity contribution is -0.119. The normalized spacial score (nSPS) is 17.0. The van der Waals surface area contributed by atoms with Crippen molar-refractivity contribution in [3.05, 3.63) is 41.8 Å². The first-order valence-electron chi connectivity index (χ1n) is 7.48. The van der Waals surface area contributed by atoms with E-state index in [4.69, 9.17) is 4.52 Å². The highest BCUT2D eigenvalue weighted by molar-refractivity contribution is 6.04. The largest absolute Gasteiger partial charge is 0.361 e. The molecule has 23 heavy (non-hydrogen) atoms. The summed E-state index contributed by atoms with van der Waals surface area (Å²) in [6.07, 6.45) is 2.24. The van der Waals surface area contributed by atoms with E-state index >= 15 is 0 Å². The molecule has 0 aliphatic carbocycles. The van der Waals surface area contributed by atoms with E-state index in [0.717, 1.165) is 19.5 Å². The second-order valence-corrected chi connectivity index (χ2v) is 5.51. The van der Waals surface area contributed by atoms with Crippen molar-refractivity contribution >= 4 is 23.2 Å². The van der Waals surface area contributed by atoms with Crippen LogP contribution in [0.15, 0.2) is 35.0 Å². The van der Waals surface area contributed by atoms with Gasteiger partial charge in [-0.1, -0.05) is 5.16 Å². The number of amides is 2. The first-order valence-corrected chi connectivity index (χ1v) is 7.48. The molecule has 2 aromatic rings. The number of nitrogens with one attached hydrogen (secondary N) is 3. The monoisotopic (exact) mass is 314 g/mol. The van der Waals surface area contributed by atoms with Gasteiger partial charge in [0.1, 0.15) is 11.3 Å². The molecule has 0 spiro atoms. The maximum Gasteiger partial charge on any atom is 0.260 e. The lowest BCUT2D eigenvalue weighted by Crippen LogP contribution is -2.24. The van der Waals surface area contributed by atoms with E-state index < -0.39 is 0 Å². The van der Waals surface area contributed by atoms with Gasteiger partial charge in [-0.15, -0.1) is 0 Å². The van der Waals surface area contributed by atoms with Gasteiger partial charge in [-0.2, -0.15) is 0 Å². The molecule has 120 valence electrons. The summed E-state index contributed by atoms with van der Waals surface area (Å²) in [6.45, 7) is 3.28. The molecular weight excluding hydrogens is 296 g/mol. The van der Waals surface area contributed by atoms with Crippen molar-refractivity contribution in [2.75, 3.05) is 23.7 Å². The van der Waals surface area contributed by atoms with E-state index in [1.807, 2.05) is 0 Å². The number of nitrogens with zero attached hydrogens (tertiary/aromatic N) is 1. The van der Waals surface area contributed by atoms with Gasteiger partial charge in [0.05, 0.1) is 12.1 Å². The molecule has 1 saturated heterocycles. The highest BCUT2D eigenvalue weighted by atomic mass is 16.5. The molecule has 1 aliphatic heterocycles. The van der Waals surface area contributed by atoms with Gasteiger partial charge in [0.25, 0.3) is 5.91 Å². The van der Waals surface area contributed by atoms with Crippen LogP contribution in [-0.2, 0) is 4.79 Å². The quantitative estimate of drug-likeness (QED) is 0.799. The zero-order valence-corrected chi connectivity index (χ0v) is 12.8. The van der Waals surface area contributed by atoms with Crippen molar-refractivity contribution in [2.45, 2.75) is 13.3 Å². The number of carbonyl (C=O) groups excluding carboxylic acids is 2. The van der Waals surface area contributed by atoms with Crippen LogP contribution in [0.5, 0.6) is 0 Å². The molecule has 3 rings (SSSR count). The summed E-state index contributed by atoms with van der Waals surface area (Å²) in [5, 5.41) is 12.4. The molecule has 0 bridgehead atoms. The van der Waals surface area contributed by atoms with E-state index in [0.29, 0.717) is 22.7 Å². The molecule has 1 aromatic heterocycles. The molecule has 7 nitrogen and oxygen atoms in total. The minimum Gasteiger partial charge on any atom is -0.361 e. The number of aryl methyl sites for hydroxylation is 1. The van der Waals surface area contributed by atoms with E-state index in [1.165, 1.54) is 6.20 Å². The van der Waals surface area contributed by atoms with Crippen LogP contribution in [0.1, 0.15) is 22.5 Å². The van der Waals surface area contributed by atoms with Crippen molar-refractivity contribution in [1.29, 1.82) is 0 Å². The Hall–Kier alpha value is -2.67. The Kier molecular flexibility index (Phi) is 4.38. The summed E-state index contributed by atoms with van der Waals surface area (Å²) in [5.41, 5.74) is 1.74. The molecule has 1 aliphatic rings. The Morgan fingerprint density at radius 3 is 2.48 bits per heavy atom. The third-order valence-electron chi connectivity index (χ3n) is 3.84. The Labute approximate surface area is 133 Å². The molecule has 0 saturated carbocycles. The Morgan fingerprint density at radius 2 is 1.91 bits per heavy atom. The predicted molar refractivity (Wildman–Crippen MR) is 85.2 cm³/mol. The van der Waals surface area contributed by atoms with Crippen LogP contribution in [0.25, 0.3) is 0 Å². The summed E-state index contributed by atoms with van der Waals surface area (Å²) >= 11 is 0. The third kappa shape index (κ3) is 3.57. The average Bonchev–Trinajstić information content (AvgIpc) is 3.20. The second-order valence-electron chi connectivity index (χ2n) is 5.51. The zero-order chi connectivity index (χ0) is 16.2. The SMILES string of the molecule is Cc1oncc1C(=O)Nc1ccc(NC(=O)C2CCNC2)cc1. The minimum absolute atomic E-state index is 0.0194. The summed E-state index contributed by atoms with van der Waals surface area (Å²) in [7, 11) is 0. The van der Waals surface area contributed by atoms with Gasteiger partial charge in [-0.25, -0.2) is 0 Å². The van der Waals surface area contributed by atoms with Crippen LogP contribution in [0.4, 0.5) is 11.4 Å². The van der Waals surface area contributed by atoms with E-state index in [1.54, 1.807) is 31.2 Å². The first kappa shape index (κ1) is 15.2. The number of benzene rings is 1. The van der Waals surface area contributed by atoms with Gasteiger partial charge in [0, 0.05) is 17.9 Å². The van der Waals surface area contributed by atoms with Crippen molar-refractivity contribution in [2.24, 2.45) is 5.92 Å². The predicted octanol–water partition coefficient (Wildman–Crippen LogP) is 1.78. The molecule has 1 unspecified atom stereocenters. The summed E-state index contributed by atoms with van der Waals surface area (Å²) < 4.78 is 4.87. The van der Waals surface area contributed by atoms with Crippen molar-refractivity contribution in [3.8, 4) is 0 Å². The summed E-state index contributed by atoms with van der Waals surface area (Å²) in [6, 6.07) is 7.00. The van der Waals surface area contributed by atoms with Crippen LogP contribution in [-0.4, -0.2) is 30.1 Å². The molecule has 1 atom stereocenters. The molecule has 1 aromatic carbocycles. The molecule has 0 radical (unpaired) electrons. The summed E-state index contributed by atoms with van der Waals surface area (Å²) in [4.78, 5) is 24.1. The Balaban J connectivity index is 1.59. The lowest BCUT2D eigenvalue weighted by atomic mass is 10.1. The molecular formula is C16H18N4O3. The van der Waals surface area contributed by atoms with Gasteiger partial charge in [-0.05, 0) is 44.2 Å². The third-order valence-corrected chi connectivity index (χ3v) is 3.84. The second kappa shape index (κ2) is 6.62. The van der Waals surface area contributed by atoms with Gasteiger partial charge in [0.2, 0.25) is 5.91 Å². The van der Waals surface area contributed by atoms with E-state index in [-0.39, 0.29) is 17.7 Å².